The molecule has 80 valence electrons. The number of rotatable bonds is 1. The minimum Gasteiger partial charge on any atom is -0.495 e. The average molecular weight is 206 g/mol. The smallest absolute Gasteiger partial charge is 0.223 e. The summed E-state index contributed by atoms with van der Waals surface area (Å²) in [5.74, 6) is 0.683. The van der Waals surface area contributed by atoms with Crippen molar-refractivity contribution in [2.75, 3.05) is 24.3 Å². The van der Waals surface area contributed by atoms with Gasteiger partial charge in [0.1, 0.15) is 5.75 Å². The van der Waals surface area contributed by atoms with E-state index in [9.17, 15) is 4.79 Å². The van der Waals surface area contributed by atoms with Crippen LogP contribution in [0.1, 0.15) is 12.5 Å². The summed E-state index contributed by atoms with van der Waals surface area (Å²) in [4.78, 5) is 13.1. The van der Waals surface area contributed by atoms with Gasteiger partial charge >= 0.3 is 0 Å². The molecule has 1 amide bonds. The molecule has 2 rings (SSSR count). The van der Waals surface area contributed by atoms with E-state index >= 15 is 0 Å². The standard InChI is InChI=1S/C11H14N2O2/c1-7(14)13-4-3-8-5-9(12)11(15-2)6-10(8)13/h5-6H,3-4,12H2,1-2H3. The van der Waals surface area contributed by atoms with Crippen LogP contribution >= 0.6 is 0 Å². The lowest BCUT2D eigenvalue weighted by Crippen LogP contribution is -2.25. The second-order valence-electron chi connectivity index (χ2n) is 3.64. The number of fused-ring (bicyclic) bond motifs is 1. The second kappa shape index (κ2) is 3.46. The Morgan fingerprint density at radius 2 is 2.27 bits per heavy atom. The Kier molecular flexibility index (Phi) is 2.26. The number of methoxy groups -OCH3 is 1. The molecule has 1 heterocycles. The molecule has 0 saturated carbocycles. The van der Waals surface area contributed by atoms with Gasteiger partial charge in [-0.05, 0) is 18.1 Å². The molecule has 0 spiro atoms. The lowest BCUT2D eigenvalue weighted by Gasteiger charge is -2.16. The number of nitrogen functional groups attached to an aromatic ring is 1. The van der Waals surface area contributed by atoms with Gasteiger partial charge in [-0.15, -0.1) is 0 Å². The summed E-state index contributed by atoms with van der Waals surface area (Å²) < 4.78 is 5.14. The van der Waals surface area contributed by atoms with E-state index in [1.165, 1.54) is 0 Å². The van der Waals surface area contributed by atoms with Crippen LogP contribution in [0.2, 0.25) is 0 Å². The van der Waals surface area contributed by atoms with Gasteiger partial charge in [0.25, 0.3) is 0 Å². The molecule has 1 aliphatic heterocycles. The third-order valence-corrected chi connectivity index (χ3v) is 2.71. The zero-order valence-electron chi connectivity index (χ0n) is 8.91. The van der Waals surface area contributed by atoms with Crippen LogP contribution in [0.3, 0.4) is 0 Å². The predicted octanol–water partition coefficient (Wildman–Crippen LogP) is 1.19. The van der Waals surface area contributed by atoms with E-state index in [0.29, 0.717) is 11.4 Å². The number of ether oxygens (including phenoxy) is 1. The number of carbonyl (C=O) groups is 1. The zero-order chi connectivity index (χ0) is 11.0. The Morgan fingerprint density at radius 3 is 2.87 bits per heavy atom. The zero-order valence-corrected chi connectivity index (χ0v) is 8.91. The van der Waals surface area contributed by atoms with Crippen molar-refractivity contribution in [3.8, 4) is 5.75 Å². The first kappa shape index (κ1) is 9.83. The van der Waals surface area contributed by atoms with Crippen molar-refractivity contribution in [1.29, 1.82) is 0 Å². The highest BCUT2D eigenvalue weighted by molar-refractivity contribution is 5.94. The van der Waals surface area contributed by atoms with E-state index in [4.69, 9.17) is 10.5 Å². The van der Waals surface area contributed by atoms with Gasteiger partial charge in [-0.3, -0.25) is 4.79 Å². The predicted molar refractivity (Wildman–Crippen MR) is 59.1 cm³/mol. The summed E-state index contributed by atoms with van der Waals surface area (Å²) >= 11 is 0. The molecule has 1 aromatic rings. The largest absolute Gasteiger partial charge is 0.495 e. The second-order valence-corrected chi connectivity index (χ2v) is 3.64. The van der Waals surface area contributed by atoms with Crippen LogP contribution in [-0.4, -0.2) is 19.6 Å². The van der Waals surface area contributed by atoms with E-state index in [-0.39, 0.29) is 5.91 Å². The number of carbonyl (C=O) groups excluding carboxylic acids is 1. The van der Waals surface area contributed by atoms with Crippen molar-refractivity contribution in [3.05, 3.63) is 17.7 Å². The molecule has 2 N–H and O–H groups in total. The monoisotopic (exact) mass is 206 g/mol. The third kappa shape index (κ3) is 1.52. The number of benzene rings is 1. The normalized spacial score (nSPS) is 13.9. The van der Waals surface area contributed by atoms with E-state index in [1.807, 2.05) is 12.1 Å². The van der Waals surface area contributed by atoms with Gasteiger partial charge in [0, 0.05) is 19.5 Å². The average Bonchev–Trinajstić information content (AvgIpc) is 2.59. The van der Waals surface area contributed by atoms with Crippen LogP contribution in [0.25, 0.3) is 0 Å². The Bertz CT molecular complexity index is 415. The van der Waals surface area contributed by atoms with Crippen LogP contribution in [0.5, 0.6) is 5.75 Å². The molecule has 4 nitrogen and oxygen atoms in total. The number of hydrogen-bond acceptors (Lipinski definition) is 3. The van der Waals surface area contributed by atoms with Crippen molar-refractivity contribution >= 4 is 17.3 Å². The van der Waals surface area contributed by atoms with Gasteiger partial charge in [0.2, 0.25) is 5.91 Å². The van der Waals surface area contributed by atoms with E-state index in [2.05, 4.69) is 0 Å². The maximum Gasteiger partial charge on any atom is 0.223 e. The maximum absolute atomic E-state index is 11.3. The molecule has 1 aromatic carbocycles. The summed E-state index contributed by atoms with van der Waals surface area (Å²) in [6, 6.07) is 3.72. The number of nitrogens with zero attached hydrogens (tertiary/aromatic N) is 1. The lowest BCUT2D eigenvalue weighted by molar-refractivity contribution is -0.116. The Hall–Kier alpha value is -1.71. The minimum absolute atomic E-state index is 0.0561. The molecule has 1 aliphatic rings. The number of nitrogens with two attached hydrogens (primary N) is 1. The van der Waals surface area contributed by atoms with E-state index in [0.717, 1.165) is 24.2 Å². The summed E-state index contributed by atoms with van der Waals surface area (Å²) in [6.07, 6.45) is 0.864. The van der Waals surface area contributed by atoms with Gasteiger partial charge in [0.15, 0.2) is 0 Å². The van der Waals surface area contributed by atoms with Crippen molar-refractivity contribution in [2.24, 2.45) is 0 Å². The quantitative estimate of drug-likeness (QED) is 0.702. The van der Waals surface area contributed by atoms with Crippen LogP contribution in [-0.2, 0) is 11.2 Å². The maximum atomic E-state index is 11.3. The Morgan fingerprint density at radius 1 is 1.53 bits per heavy atom. The van der Waals surface area contributed by atoms with Crippen molar-refractivity contribution in [2.45, 2.75) is 13.3 Å². The number of anilines is 2. The van der Waals surface area contributed by atoms with Crippen molar-refractivity contribution in [3.63, 3.8) is 0 Å². The van der Waals surface area contributed by atoms with Crippen molar-refractivity contribution < 1.29 is 9.53 Å². The van der Waals surface area contributed by atoms with E-state index < -0.39 is 0 Å². The summed E-state index contributed by atoms with van der Waals surface area (Å²) in [5, 5.41) is 0. The number of amides is 1. The molecule has 0 aliphatic carbocycles. The summed E-state index contributed by atoms with van der Waals surface area (Å²) in [7, 11) is 1.57. The molecule has 0 bridgehead atoms. The first-order valence-corrected chi connectivity index (χ1v) is 4.88. The topological polar surface area (TPSA) is 55.6 Å². The lowest BCUT2D eigenvalue weighted by atomic mass is 10.1. The van der Waals surface area contributed by atoms with Gasteiger partial charge in [-0.1, -0.05) is 0 Å². The molecule has 0 unspecified atom stereocenters. The fourth-order valence-corrected chi connectivity index (χ4v) is 1.94. The summed E-state index contributed by atoms with van der Waals surface area (Å²) in [5.41, 5.74) is 8.46. The van der Waals surface area contributed by atoms with Gasteiger partial charge < -0.3 is 15.4 Å². The molecule has 15 heavy (non-hydrogen) atoms. The highest BCUT2D eigenvalue weighted by Gasteiger charge is 2.23. The highest BCUT2D eigenvalue weighted by atomic mass is 16.5. The van der Waals surface area contributed by atoms with Crippen LogP contribution < -0.4 is 15.4 Å². The minimum atomic E-state index is 0.0561. The fraction of sp³-hybridized carbons (Fsp3) is 0.364. The molecule has 4 heteroatoms. The van der Waals surface area contributed by atoms with Crippen molar-refractivity contribution in [1.82, 2.24) is 0 Å². The summed E-state index contributed by atoms with van der Waals surface area (Å²) in [6.45, 7) is 2.30. The molecule has 0 fully saturated rings. The van der Waals surface area contributed by atoms with Gasteiger partial charge in [-0.2, -0.15) is 0 Å². The Labute approximate surface area is 88.6 Å². The molecule has 0 radical (unpaired) electrons. The van der Waals surface area contributed by atoms with Gasteiger partial charge in [-0.25, -0.2) is 0 Å². The van der Waals surface area contributed by atoms with Crippen LogP contribution in [0.4, 0.5) is 11.4 Å². The van der Waals surface area contributed by atoms with Crippen LogP contribution in [0, 0.1) is 0 Å². The SMILES string of the molecule is COc1cc2c(cc1N)CCN2C(C)=O. The molecular weight excluding hydrogens is 192 g/mol. The number of hydrogen-bond donors (Lipinski definition) is 1. The molecule has 0 saturated heterocycles. The fourth-order valence-electron chi connectivity index (χ4n) is 1.94. The highest BCUT2D eigenvalue weighted by Crippen LogP contribution is 2.35. The van der Waals surface area contributed by atoms with Crippen LogP contribution in [0.15, 0.2) is 12.1 Å². The first-order valence-electron chi connectivity index (χ1n) is 4.88. The molecular formula is C11H14N2O2. The first-order chi connectivity index (χ1) is 7.13. The molecule has 0 aromatic heterocycles. The molecule has 0 atom stereocenters. The van der Waals surface area contributed by atoms with Gasteiger partial charge in [0.05, 0.1) is 18.5 Å². The Balaban J connectivity index is 2.48. The van der Waals surface area contributed by atoms with E-state index in [1.54, 1.807) is 18.9 Å². The third-order valence-electron chi connectivity index (χ3n) is 2.71.